The van der Waals surface area contributed by atoms with E-state index in [1.807, 2.05) is 115 Å². The molecule has 3 aliphatic heterocycles. The zero-order valence-electron chi connectivity index (χ0n) is 49.7. The molecule has 0 atom stereocenters. The van der Waals surface area contributed by atoms with Crippen LogP contribution in [-0.2, 0) is 58.3 Å². The van der Waals surface area contributed by atoms with Crippen molar-refractivity contribution in [2.45, 2.75) is 75.4 Å². The molecule has 0 spiro atoms. The molecule has 0 bridgehead atoms. The topological polar surface area (TPSA) is 234 Å². The van der Waals surface area contributed by atoms with Gasteiger partial charge in [-0.05, 0) is 103 Å². The number of carboxylic acid groups (broad SMARTS) is 1. The third kappa shape index (κ3) is 17.4. The van der Waals surface area contributed by atoms with Crippen molar-refractivity contribution in [3.8, 4) is 34.0 Å². The number of hydrogen-bond acceptors (Lipinski definition) is 14. The Kier molecular flexibility index (Phi) is 24.4. The van der Waals surface area contributed by atoms with Gasteiger partial charge in [-0.1, -0.05) is 162 Å². The van der Waals surface area contributed by atoms with E-state index in [4.69, 9.17) is 40.0 Å². The summed E-state index contributed by atoms with van der Waals surface area (Å²) in [6, 6.07) is 58.9. The number of urea groups is 3. The maximum Gasteiger partial charge on any atom is 0.338 e. The number of nitrogens with zero attached hydrogens (tertiary/aromatic N) is 6. The largest absolute Gasteiger partial charge is 0.478 e. The van der Waals surface area contributed by atoms with Crippen molar-refractivity contribution in [3.05, 3.63) is 251 Å². The third-order valence-corrected chi connectivity index (χ3v) is 15.1. The zero-order valence-corrected chi connectivity index (χ0v) is 50.5. The molecule has 3 aromatic heterocycles. The predicted octanol–water partition coefficient (Wildman–Crippen LogP) is 14.5. The number of carbonyl (C=O) groups is 8. The first-order valence-corrected chi connectivity index (χ1v) is 29.6. The van der Waals surface area contributed by atoms with Gasteiger partial charge in [-0.3, -0.25) is 24.3 Å². The molecule has 6 aromatic carbocycles. The van der Waals surface area contributed by atoms with E-state index in [1.54, 1.807) is 96.4 Å². The van der Waals surface area contributed by atoms with Crippen LogP contribution in [0.1, 0.15) is 101 Å². The van der Waals surface area contributed by atoms with Crippen LogP contribution in [0.15, 0.2) is 213 Å². The molecule has 3 aliphatic rings. The second-order valence-corrected chi connectivity index (χ2v) is 21.6. The Morgan fingerprint density at radius 1 is 0.394 bits per heavy atom. The van der Waals surface area contributed by atoms with Crippen LogP contribution >= 0.6 is 12.2 Å². The third-order valence-electron chi connectivity index (χ3n) is 14.7. The molecule has 8 amide bonds. The molecule has 9 aromatic rings. The lowest BCUT2D eigenvalue weighted by atomic mass is 10.1. The molecule has 0 aliphatic carbocycles. The Morgan fingerprint density at radius 2 is 0.691 bits per heavy atom. The van der Waals surface area contributed by atoms with Crippen LogP contribution in [0.3, 0.4) is 0 Å². The normalized spacial score (nSPS) is 13.3. The van der Waals surface area contributed by atoms with Gasteiger partial charge in [0, 0.05) is 16.7 Å². The molecule has 20 nitrogen and oxygen atoms in total. The summed E-state index contributed by atoms with van der Waals surface area (Å²) in [7, 11) is 0. The number of carbonyl (C=O) groups excluding carboxylic acids is 7. The lowest BCUT2D eigenvalue weighted by Gasteiger charge is -2.17. The highest BCUT2D eigenvalue weighted by atomic mass is 32.1. The van der Waals surface area contributed by atoms with Crippen LogP contribution in [0.25, 0.3) is 34.0 Å². The summed E-state index contributed by atoms with van der Waals surface area (Å²) < 4.78 is 27.6. The summed E-state index contributed by atoms with van der Waals surface area (Å²) in [4.78, 5) is 107. The van der Waals surface area contributed by atoms with Gasteiger partial charge in [0.2, 0.25) is 0 Å². The van der Waals surface area contributed by atoms with Crippen molar-refractivity contribution >= 4 is 65.0 Å². The van der Waals surface area contributed by atoms with Gasteiger partial charge in [-0.2, -0.15) is 0 Å². The summed E-state index contributed by atoms with van der Waals surface area (Å²) in [5, 5.41) is 8.98. The maximum absolute atomic E-state index is 12.8. The minimum atomic E-state index is -0.992. The Morgan fingerprint density at radius 3 is 1.01 bits per heavy atom. The number of furan rings is 3. The number of thiocarbonyl (C=S) groups is 1. The Balaban J connectivity index is 0.000000196. The molecule has 0 unspecified atom stereocenters. The van der Waals surface area contributed by atoms with E-state index in [0.29, 0.717) is 83.5 Å². The fourth-order valence-electron chi connectivity index (χ4n) is 10.1. The molecule has 3 fully saturated rings. The van der Waals surface area contributed by atoms with E-state index >= 15 is 0 Å². The molecule has 0 saturated carbocycles. The van der Waals surface area contributed by atoms with Gasteiger partial charge < -0.3 is 42.5 Å². The monoisotopic (exact) mass is 1290 g/mol. The fourth-order valence-corrected chi connectivity index (χ4v) is 10.4. The van der Waals surface area contributed by atoms with Gasteiger partial charge in [-0.15, -0.1) is 0 Å². The number of aromatic carboxylic acids is 1. The number of esters is 2. The quantitative estimate of drug-likeness (QED) is 0.0424. The van der Waals surface area contributed by atoms with Crippen LogP contribution in [0.2, 0.25) is 0 Å². The number of imide groups is 2. The first-order chi connectivity index (χ1) is 44.1. The van der Waals surface area contributed by atoms with Gasteiger partial charge in [0.1, 0.15) is 52.6 Å². The summed E-state index contributed by atoms with van der Waals surface area (Å²) >= 11 is 5.44. The second kappa shape index (κ2) is 32.7. The molecule has 1 N–H and O–H groups in total. The van der Waals surface area contributed by atoms with Gasteiger partial charge in [0.05, 0.1) is 75.7 Å². The molecule has 21 heteroatoms. The highest BCUT2D eigenvalue weighted by Crippen LogP contribution is 2.29. The lowest BCUT2D eigenvalue weighted by Crippen LogP contribution is -2.32. The second-order valence-electron chi connectivity index (χ2n) is 21.1. The molecule has 94 heavy (non-hydrogen) atoms. The van der Waals surface area contributed by atoms with E-state index in [1.165, 1.54) is 31.7 Å². The number of rotatable bonds is 20. The summed E-state index contributed by atoms with van der Waals surface area (Å²) in [5.74, 6) is 1.46. The minimum Gasteiger partial charge on any atom is -0.478 e. The van der Waals surface area contributed by atoms with E-state index in [9.17, 15) is 38.4 Å². The SMILES string of the molecule is C.C.C.CCOC(=O)c1ccc(-c2ccc(CN3CC(=O)N(Cc4ccccc4)C3=O)o2)cc1.CCOC(=O)c1ccc(-c2ccc(CN3CC(=S)N(Cc4ccccc4)C3=O)o2)cc1.O=C(O)c1ccc(-c2ccc(CN3CC(=O)N(Cc4ccccc4)C3=O)o2)cc1. The van der Waals surface area contributed by atoms with Crippen molar-refractivity contribution in [2.75, 3.05) is 32.8 Å². The number of carboxylic acids is 1. The van der Waals surface area contributed by atoms with Gasteiger partial charge >= 0.3 is 36.0 Å². The summed E-state index contributed by atoms with van der Waals surface area (Å²) in [5.41, 5.74) is 6.35. The molecule has 486 valence electrons. The van der Waals surface area contributed by atoms with Crippen LogP contribution < -0.4 is 0 Å². The average Bonchev–Trinajstić information content (AvgIpc) is 1.69. The predicted molar refractivity (Wildman–Crippen MR) is 357 cm³/mol. The number of ether oxygens (including phenoxy) is 2. The molecule has 6 heterocycles. The molecular formula is C73H74N6O14S. The standard InChI is InChI=1S/C24H22N2O5.C24H22N2O4S.C22H18N2O5.3CH4/c1-2-30-23(28)19-10-8-18(9-11-19)21-13-12-20(31-21)15-25-16-22(27)26(24(25)29)14-17-6-4-3-5-7-17;1-2-29-23(27)19-10-8-18(9-11-19)21-13-12-20(30-21)15-25-16-22(31)26(24(25)28)14-17-6-4-3-5-7-17;25-20-14-23(22(28)24(20)12-15-4-2-1-3-5-15)13-18-10-11-19(29-18)16-6-8-17(9-7-16)21(26)27;;;/h2*3-13H,2,14-16H2,1H3;1-11H,12-14H2,(H,26,27);3*1H4. The van der Waals surface area contributed by atoms with Crippen LogP contribution in [0.5, 0.6) is 0 Å². The van der Waals surface area contributed by atoms with Crippen LogP contribution in [0.4, 0.5) is 14.4 Å². The Hall–Kier alpha value is -11.2. The molecule has 0 radical (unpaired) electrons. The van der Waals surface area contributed by atoms with Crippen LogP contribution in [-0.4, -0.2) is 120 Å². The van der Waals surface area contributed by atoms with Gasteiger partial charge in [-0.25, -0.2) is 28.8 Å². The highest BCUT2D eigenvalue weighted by molar-refractivity contribution is 7.80. The minimum absolute atomic E-state index is 0. The van der Waals surface area contributed by atoms with Crippen molar-refractivity contribution in [2.24, 2.45) is 0 Å². The van der Waals surface area contributed by atoms with Crippen molar-refractivity contribution in [3.63, 3.8) is 0 Å². The summed E-state index contributed by atoms with van der Waals surface area (Å²) in [6.45, 7) is 6.31. The summed E-state index contributed by atoms with van der Waals surface area (Å²) in [6.07, 6.45) is 0. The fraction of sp³-hybridized carbons (Fsp3) is 0.219. The smallest absolute Gasteiger partial charge is 0.338 e. The number of benzene rings is 6. The first-order valence-electron chi connectivity index (χ1n) is 29.2. The zero-order chi connectivity index (χ0) is 64.0. The van der Waals surface area contributed by atoms with Gasteiger partial charge in [0.15, 0.2) is 0 Å². The molecule has 12 rings (SSSR count). The molecular weight excluding hydrogens is 1220 g/mol. The van der Waals surface area contributed by atoms with Gasteiger partial charge in [0.25, 0.3) is 11.8 Å². The first kappa shape index (κ1) is 70.3. The van der Waals surface area contributed by atoms with E-state index in [-0.39, 0.29) is 109 Å². The van der Waals surface area contributed by atoms with E-state index in [0.717, 1.165) is 33.4 Å². The molecule has 3 saturated heterocycles. The lowest BCUT2D eigenvalue weighted by molar-refractivity contribution is -0.126. The Bertz CT molecular complexity index is 3900. The highest BCUT2D eigenvalue weighted by Gasteiger charge is 2.38. The van der Waals surface area contributed by atoms with Crippen molar-refractivity contribution < 1.29 is 66.2 Å². The number of hydrogen-bond donors (Lipinski definition) is 1. The van der Waals surface area contributed by atoms with Crippen molar-refractivity contribution in [1.29, 1.82) is 0 Å². The van der Waals surface area contributed by atoms with E-state index in [2.05, 4.69) is 0 Å². The van der Waals surface area contributed by atoms with Crippen molar-refractivity contribution in [1.82, 2.24) is 29.4 Å². The average molecular weight is 1290 g/mol. The Labute approximate surface area is 551 Å². The van der Waals surface area contributed by atoms with Crippen LogP contribution in [0, 0.1) is 0 Å². The number of amides is 8. The maximum atomic E-state index is 12.8. The van der Waals surface area contributed by atoms with E-state index < -0.39 is 5.97 Å².